The maximum Gasteiger partial charge on any atom is 0.338 e. The van der Waals surface area contributed by atoms with Gasteiger partial charge in [-0.2, -0.15) is 0 Å². The second-order valence-electron chi connectivity index (χ2n) is 6.44. The lowest BCUT2D eigenvalue weighted by atomic mass is 10.2. The molecule has 2 rings (SSSR count). The van der Waals surface area contributed by atoms with Crippen LogP contribution in [0.5, 0.6) is 5.75 Å². The molecule has 0 unspecified atom stereocenters. The van der Waals surface area contributed by atoms with Crippen molar-refractivity contribution in [3.05, 3.63) is 59.1 Å². The first-order valence-electron chi connectivity index (χ1n) is 9.13. The van der Waals surface area contributed by atoms with Crippen molar-refractivity contribution in [2.45, 2.75) is 32.8 Å². The molecule has 0 spiro atoms. The first-order valence-corrected chi connectivity index (χ1v) is 9.92. The van der Waals surface area contributed by atoms with E-state index in [-0.39, 0.29) is 29.5 Å². The van der Waals surface area contributed by atoms with Gasteiger partial charge in [0, 0.05) is 17.1 Å². The number of benzene rings is 2. The maximum atomic E-state index is 12.0. The first-order chi connectivity index (χ1) is 13.8. The summed E-state index contributed by atoms with van der Waals surface area (Å²) in [6.07, 6.45) is 0.638. The van der Waals surface area contributed by atoms with Crippen molar-refractivity contribution < 1.29 is 19.1 Å². The van der Waals surface area contributed by atoms with Crippen LogP contribution >= 0.6 is 23.8 Å². The lowest BCUT2D eigenvalue weighted by Gasteiger charge is -2.11. The zero-order valence-corrected chi connectivity index (χ0v) is 17.8. The van der Waals surface area contributed by atoms with Crippen LogP contribution in [0.15, 0.2) is 48.5 Å². The van der Waals surface area contributed by atoms with Gasteiger partial charge in [0.15, 0.2) is 5.11 Å². The van der Waals surface area contributed by atoms with Crippen LogP contribution in [0, 0.1) is 0 Å². The molecule has 154 valence electrons. The third-order valence-corrected chi connectivity index (χ3v) is 4.06. The molecule has 0 aromatic heterocycles. The highest BCUT2D eigenvalue weighted by atomic mass is 35.5. The summed E-state index contributed by atoms with van der Waals surface area (Å²) in [5, 5.41) is 6.35. The number of esters is 1. The number of amides is 1. The summed E-state index contributed by atoms with van der Waals surface area (Å²) in [5.74, 6) is 0.107. The second-order valence-corrected chi connectivity index (χ2v) is 7.28. The Hall–Kier alpha value is -2.64. The van der Waals surface area contributed by atoms with Crippen molar-refractivity contribution in [1.82, 2.24) is 5.32 Å². The van der Waals surface area contributed by atoms with Gasteiger partial charge in [-0.15, -0.1) is 0 Å². The average molecular weight is 435 g/mol. The van der Waals surface area contributed by atoms with Crippen LogP contribution in [0.4, 0.5) is 5.69 Å². The van der Waals surface area contributed by atoms with Crippen molar-refractivity contribution in [2.24, 2.45) is 0 Å². The Morgan fingerprint density at radius 1 is 1.07 bits per heavy atom. The minimum Gasteiger partial charge on any atom is -0.494 e. The maximum absolute atomic E-state index is 12.0. The third-order valence-electron chi connectivity index (χ3n) is 3.60. The number of carbonyl (C=O) groups excluding carboxylic acids is 2. The fourth-order valence-corrected chi connectivity index (χ4v) is 2.63. The van der Waals surface area contributed by atoms with E-state index in [0.29, 0.717) is 35.1 Å². The fraction of sp³-hybridized carbons (Fsp3) is 0.286. The Labute approximate surface area is 180 Å². The molecule has 2 N–H and O–H groups in total. The van der Waals surface area contributed by atoms with E-state index in [1.807, 2.05) is 0 Å². The SMILES string of the molecule is CC(C)OC(=O)c1ccc(NC(=S)NC(=O)CCCOc2ccc(Cl)cc2)cc1. The molecular weight excluding hydrogens is 412 g/mol. The Bertz CT molecular complexity index is 839. The van der Waals surface area contributed by atoms with E-state index in [0.717, 1.165) is 0 Å². The van der Waals surface area contributed by atoms with Crippen LogP contribution in [-0.4, -0.2) is 29.7 Å². The van der Waals surface area contributed by atoms with Crippen LogP contribution in [0.25, 0.3) is 0 Å². The van der Waals surface area contributed by atoms with E-state index in [1.165, 1.54) is 0 Å². The molecule has 0 radical (unpaired) electrons. The fourth-order valence-electron chi connectivity index (χ4n) is 2.28. The summed E-state index contributed by atoms with van der Waals surface area (Å²) in [5.41, 5.74) is 1.10. The van der Waals surface area contributed by atoms with E-state index in [9.17, 15) is 9.59 Å². The number of thiocarbonyl (C=S) groups is 1. The quantitative estimate of drug-likeness (QED) is 0.360. The molecule has 8 heteroatoms. The van der Waals surface area contributed by atoms with Gasteiger partial charge >= 0.3 is 5.97 Å². The van der Waals surface area contributed by atoms with Gasteiger partial charge in [-0.05, 0) is 81.0 Å². The number of anilines is 1. The van der Waals surface area contributed by atoms with Crippen molar-refractivity contribution >= 4 is 46.5 Å². The van der Waals surface area contributed by atoms with Crippen molar-refractivity contribution in [2.75, 3.05) is 11.9 Å². The zero-order valence-electron chi connectivity index (χ0n) is 16.2. The molecule has 0 fully saturated rings. The van der Waals surface area contributed by atoms with E-state index < -0.39 is 0 Å². The van der Waals surface area contributed by atoms with Crippen molar-refractivity contribution in [3.8, 4) is 5.75 Å². The molecule has 2 aromatic rings. The number of nitrogens with one attached hydrogen (secondary N) is 2. The predicted octanol–water partition coefficient (Wildman–Crippen LogP) is 4.58. The van der Waals surface area contributed by atoms with Gasteiger partial charge in [-0.3, -0.25) is 4.79 Å². The van der Waals surface area contributed by atoms with Gasteiger partial charge < -0.3 is 20.1 Å². The topological polar surface area (TPSA) is 76.7 Å². The smallest absolute Gasteiger partial charge is 0.338 e. The highest BCUT2D eigenvalue weighted by molar-refractivity contribution is 7.80. The number of rotatable bonds is 8. The third kappa shape index (κ3) is 8.50. The van der Waals surface area contributed by atoms with Gasteiger partial charge in [0.25, 0.3) is 0 Å². The summed E-state index contributed by atoms with van der Waals surface area (Å²) in [6, 6.07) is 13.7. The first kappa shape index (κ1) is 22.6. The molecule has 0 aliphatic heterocycles. The predicted molar refractivity (Wildman–Crippen MR) is 118 cm³/mol. The van der Waals surface area contributed by atoms with Crippen LogP contribution < -0.4 is 15.4 Å². The molecule has 6 nitrogen and oxygen atoms in total. The van der Waals surface area contributed by atoms with Crippen molar-refractivity contribution in [1.29, 1.82) is 0 Å². The molecule has 29 heavy (non-hydrogen) atoms. The molecule has 0 heterocycles. The van der Waals surface area contributed by atoms with E-state index >= 15 is 0 Å². The molecule has 0 saturated heterocycles. The van der Waals surface area contributed by atoms with Gasteiger partial charge in [-0.1, -0.05) is 11.6 Å². The Morgan fingerprint density at radius 2 is 1.72 bits per heavy atom. The van der Waals surface area contributed by atoms with E-state index in [2.05, 4.69) is 10.6 Å². The monoisotopic (exact) mass is 434 g/mol. The summed E-state index contributed by atoms with van der Waals surface area (Å²) in [7, 11) is 0. The summed E-state index contributed by atoms with van der Waals surface area (Å²) >= 11 is 11.0. The van der Waals surface area contributed by atoms with E-state index in [1.54, 1.807) is 62.4 Å². The number of halogens is 1. The van der Waals surface area contributed by atoms with Crippen LogP contribution in [0.3, 0.4) is 0 Å². The highest BCUT2D eigenvalue weighted by Crippen LogP contribution is 2.15. The lowest BCUT2D eigenvalue weighted by Crippen LogP contribution is -2.34. The van der Waals surface area contributed by atoms with Gasteiger partial charge in [0.1, 0.15) is 5.75 Å². The molecule has 0 aliphatic carbocycles. The Balaban J connectivity index is 1.69. The molecule has 2 aromatic carbocycles. The van der Waals surface area contributed by atoms with Gasteiger partial charge in [-0.25, -0.2) is 4.79 Å². The zero-order chi connectivity index (χ0) is 21.2. The highest BCUT2D eigenvalue weighted by Gasteiger charge is 2.10. The lowest BCUT2D eigenvalue weighted by molar-refractivity contribution is -0.119. The largest absolute Gasteiger partial charge is 0.494 e. The van der Waals surface area contributed by atoms with Gasteiger partial charge in [0.2, 0.25) is 5.91 Å². The summed E-state index contributed by atoms with van der Waals surface area (Å²) in [4.78, 5) is 23.8. The van der Waals surface area contributed by atoms with Crippen LogP contribution in [-0.2, 0) is 9.53 Å². The minimum atomic E-state index is -0.386. The second kappa shape index (κ2) is 11.4. The molecular formula is C21H23ClN2O4S. The van der Waals surface area contributed by atoms with E-state index in [4.69, 9.17) is 33.3 Å². The number of hydrogen-bond acceptors (Lipinski definition) is 5. The van der Waals surface area contributed by atoms with Crippen LogP contribution in [0.1, 0.15) is 37.0 Å². The standard InChI is InChI=1S/C21H23ClN2O4S/c1-14(2)28-20(26)15-5-9-17(10-6-15)23-21(29)24-19(25)4-3-13-27-18-11-7-16(22)8-12-18/h5-12,14H,3-4,13H2,1-2H3,(H2,23,24,25,29). The minimum absolute atomic E-state index is 0.181. The summed E-state index contributed by atoms with van der Waals surface area (Å²) in [6.45, 7) is 3.99. The molecule has 0 bridgehead atoms. The summed E-state index contributed by atoms with van der Waals surface area (Å²) < 4.78 is 10.7. The van der Waals surface area contributed by atoms with Crippen LogP contribution in [0.2, 0.25) is 5.02 Å². The Morgan fingerprint density at radius 3 is 2.34 bits per heavy atom. The molecule has 0 aliphatic rings. The number of hydrogen-bond donors (Lipinski definition) is 2. The molecule has 0 atom stereocenters. The number of ether oxygens (including phenoxy) is 2. The molecule has 1 amide bonds. The normalized spacial score (nSPS) is 10.3. The molecule has 0 saturated carbocycles. The Kier molecular flexibility index (Phi) is 8.89. The average Bonchev–Trinajstić information content (AvgIpc) is 2.66. The number of carbonyl (C=O) groups is 2. The van der Waals surface area contributed by atoms with Gasteiger partial charge in [0.05, 0.1) is 18.3 Å². The van der Waals surface area contributed by atoms with Crippen molar-refractivity contribution in [3.63, 3.8) is 0 Å².